The van der Waals surface area contributed by atoms with Crippen LogP contribution in [0.2, 0.25) is 0 Å². The van der Waals surface area contributed by atoms with Crippen molar-refractivity contribution in [2.24, 2.45) is 0 Å². The topological polar surface area (TPSA) is 78.4 Å². The van der Waals surface area contributed by atoms with Crippen molar-refractivity contribution in [3.05, 3.63) is 28.2 Å². The van der Waals surface area contributed by atoms with Crippen molar-refractivity contribution >= 4 is 27.7 Å². The summed E-state index contributed by atoms with van der Waals surface area (Å²) in [5.41, 5.74) is 0.350. The van der Waals surface area contributed by atoms with Crippen LogP contribution in [-0.2, 0) is 4.79 Å². The van der Waals surface area contributed by atoms with Gasteiger partial charge in [0.25, 0.3) is 5.91 Å². The van der Waals surface area contributed by atoms with Gasteiger partial charge in [-0.2, -0.15) is 0 Å². The van der Waals surface area contributed by atoms with Gasteiger partial charge in [0.05, 0.1) is 4.47 Å². The van der Waals surface area contributed by atoms with Crippen LogP contribution < -0.4 is 10.6 Å². The molecule has 1 aromatic rings. The first-order chi connectivity index (χ1) is 8.04. The fourth-order valence-electron chi connectivity index (χ4n) is 1.17. The maximum absolute atomic E-state index is 11.6. The quantitative estimate of drug-likeness (QED) is 0.777. The minimum absolute atomic E-state index is 0.00366. The van der Waals surface area contributed by atoms with E-state index in [1.807, 2.05) is 0 Å². The number of carbonyl (C=O) groups is 2. The van der Waals surface area contributed by atoms with Crippen molar-refractivity contribution in [3.8, 4) is 5.75 Å². The van der Waals surface area contributed by atoms with Crippen LogP contribution in [0.25, 0.3) is 0 Å². The van der Waals surface area contributed by atoms with E-state index in [2.05, 4.69) is 26.6 Å². The second kappa shape index (κ2) is 6.24. The lowest BCUT2D eigenvalue weighted by atomic mass is 10.2. The molecule has 0 aliphatic heterocycles. The molecule has 92 valence electrons. The van der Waals surface area contributed by atoms with Crippen LogP contribution in [0.1, 0.15) is 16.8 Å². The summed E-state index contributed by atoms with van der Waals surface area (Å²) in [6.45, 7) is 0.259. The molecule has 2 amide bonds. The minimum atomic E-state index is -0.322. The zero-order valence-corrected chi connectivity index (χ0v) is 10.9. The largest absolute Gasteiger partial charge is 0.507 e. The van der Waals surface area contributed by atoms with Gasteiger partial charge in [0.15, 0.2) is 0 Å². The maximum Gasteiger partial charge on any atom is 0.251 e. The van der Waals surface area contributed by atoms with E-state index in [1.165, 1.54) is 13.1 Å². The summed E-state index contributed by atoms with van der Waals surface area (Å²) in [4.78, 5) is 22.5. The molecule has 0 unspecified atom stereocenters. The van der Waals surface area contributed by atoms with E-state index in [9.17, 15) is 14.7 Å². The molecule has 5 nitrogen and oxygen atoms in total. The number of hydrogen-bond acceptors (Lipinski definition) is 3. The smallest absolute Gasteiger partial charge is 0.251 e. The van der Waals surface area contributed by atoms with Crippen molar-refractivity contribution in [3.63, 3.8) is 0 Å². The van der Waals surface area contributed by atoms with E-state index in [4.69, 9.17) is 0 Å². The van der Waals surface area contributed by atoms with Gasteiger partial charge in [-0.25, -0.2) is 0 Å². The Bertz CT molecular complexity index is 435. The van der Waals surface area contributed by atoms with Crippen molar-refractivity contribution in [2.45, 2.75) is 6.42 Å². The van der Waals surface area contributed by atoms with Crippen LogP contribution in [0.4, 0.5) is 0 Å². The molecule has 0 radical (unpaired) electrons. The predicted molar refractivity (Wildman–Crippen MR) is 66.8 cm³/mol. The van der Waals surface area contributed by atoms with Gasteiger partial charge in [-0.1, -0.05) is 0 Å². The summed E-state index contributed by atoms with van der Waals surface area (Å²) in [5.74, 6) is -0.454. The first-order valence-electron chi connectivity index (χ1n) is 5.02. The Balaban J connectivity index is 2.52. The molecule has 6 heteroatoms. The Labute approximate surface area is 107 Å². The lowest BCUT2D eigenvalue weighted by Gasteiger charge is -2.05. The van der Waals surface area contributed by atoms with E-state index in [-0.39, 0.29) is 30.5 Å². The van der Waals surface area contributed by atoms with E-state index in [0.29, 0.717) is 10.0 Å². The van der Waals surface area contributed by atoms with Crippen LogP contribution >= 0.6 is 15.9 Å². The number of phenols is 1. The van der Waals surface area contributed by atoms with Gasteiger partial charge in [-0.3, -0.25) is 9.59 Å². The molecule has 0 aliphatic carbocycles. The zero-order valence-electron chi connectivity index (χ0n) is 9.29. The van der Waals surface area contributed by atoms with Crippen molar-refractivity contribution in [1.82, 2.24) is 10.6 Å². The molecular formula is C11H13BrN2O3. The third-order valence-corrected chi connectivity index (χ3v) is 2.80. The van der Waals surface area contributed by atoms with Crippen LogP contribution in [0.5, 0.6) is 5.75 Å². The number of amides is 2. The molecule has 3 N–H and O–H groups in total. The van der Waals surface area contributed by atoms with Gasteiger partial charge in [-0.05, 0) is 34.1 Å². The fraction of sp³-hybridized carbons (Fsp3) is 0.273. The normalized spacial score (nSPS) is 9.76. The highest BCUT2D eigenvalue weighted by molar-refractivity contribution is 9.10. The van der Waals surface area contributed by atoms with Crippen LogP contribution in [0.15, 0.2) is 22.7 Å². The maximum atomic E-state index is 11.6. The molecule has 0 aliphatic rings. The second-order valence-corrected chi connectivity index (χ2v) is 4.20. The zero-order chi connectivity index (χ0) is 12.8. The highest BCUT2D eigenvalue weighted by Gasteiger charge is 2.08. The molecule has 0 fully saturated rings. The number of hydrogen-bond donors (Lipinski definition) is 3. The molecule has 0 bridgehead atoms. The first kappa shape index (κ1) is 13.5. The number of carbonyl (C=O) groups excluding carboxylic acids is 2. The average Bonchev–Trinajstić information content (AvgIpc) is 2.32. The monoisotopic (exact) mass is 300 g/mol. The molecule has 0 saturated heterocycles. The molecular weight excluding hydrogens is 288 g/mol. The van der Waals surface area contributed by atoms with Gasteiger partial charge in [0.2, 0.25) is 5.91 Å². The molecule has 1 aromatic carbocycles. The van der Waals surface area contributed by atoms with E-state index >= 15 is 0 Å². The summed E-state index contributed by atoms with van der Waals surface area (Å²) < 4.78 is 0.527. The Morgan fingerprint density at radius 3 is 2.71 bits per heavy atom. The number of halogens is 1. The molecule has 0 saturated carbocycles. The second-order valence-electron chi connectivity index (χ2n) is 3.35. The predicted octanol–water partition coefficient (Wildman–Crippen LogP) is 1.02. The molecule has 0 heterocycles. The van der Waals surface area contributed by atoms with Gasteiger partial charge in [0.1, 0.15) is 5.75 Å². The van der Waals surface area contributed by atoms with E-state index in [1.54, 1.807) is 12.1 Å². The third-order valence-electron chi connectivity index (χ3n) is 2.12. The summed E-state index contributed by atoms with van der Waals surface area (Å²) >= 11 is 3.12. The van der Waals surface area contributed by atoms with Crippen molar-refractivity contribution in [2.75, 3.05) is 13.6 Å². The number of aromatic hydroxyl groups is 1. The van der Waals surface area contributed by atoms with E-state index in [0.717, 1.165) is 0 Å². The summed E-state index contributed by atoms with van der Waals surface area (Å²) in [6.07, 6.45) is 0.227. The Hall–Kier alpha value is -1.56. The Morgan fingerprint density at radius 1 is 1.41 bits per heavy atom. The number of rotatable bonds is 4. The van der Waals surface area contributed by atoms with Crippen molar-refractivity contribution < 1.29 is 14.7 Å². The highest BCUT2D eigenvalue weighted by atomic mass is 79.9. The van der Waals surface area contributed by atoms with Crippen molar-refractivity contribution in [1.29, 1.82) is 0 Å². The highest BCUT2D eigenvalue weighted by Crippen LogP contribution is 2.24. The number of nitrogens with one attached hydrogen (secondary N) is 2. The molecule has 17 heavy (non-hydrogen) atoms. The lowest BCUT2D eigenvalue weighted by molar-refractivity contribution is -0.120. The van der Waals surface area contributed by atoms with E-state index < -0.39 is 0 Å². The minimum Gasteiger partial charge on any atom is -0.507 e. The SMILES string of the molecule is CNC(=O)CCNC(=O)c1ccc(Br)c(O)c1. The van der Waals surface area contributed by atoms with Gasteiger partial charge in [0, 0.05) is 25.6 Å². The van der Waals surface area contributed by atoms with Crippen LogP contribution in [-0.4, -0.2) is 30.5 Å². The van der Waals surface area contributed by atoms with Gasteiger partial charge in [-0.15, -0.1) is 0 Å². The molecule has 0 spiro atoms. The Kier molecular flexibility index (Phi) is 4.96. The Morgan fingerprint density at radius 2 is 2.12 bits per heavy atom. The number of benzene rings is 1. The first-order valence-corrected chi connectivity index (χ1v) is 5.81. The number of phenolic OH excluding ortho intramolecular Hbond substituents is 1. The summed E-state index contributed by atoms with van der Waals surface area (Å²) in [7, 11) is 1.54. The fourth-order valence-corrected chi connectivity index (χ4v) is 1.42. The third kappa shape index (κ3) is 4.07. The van der Waals surface area contributed by atoms with Gasteiger partial charge >= 0.3 is 0 Å². The molecule has 1 rings (SSSR count). The lowest BCUT2D eigenvalue weighted by Crippen LogP contribution is -2.29. The summed E-state index contributed by atoms with van der Waals surface area (Å²) in [6, 6.07) is 4.53. The standard InChI is InChI=1S/C11H13BrN2O3/c1-13-10(16)4-5-14-11(17)7-2-3-8(12)9(15)6-7/h2-3,6,15H,4-5H2,1H3,(H,13,16)(H,14,17). The van der Waals surface area contributed by atoms with Crippen LogP contribution in [0, 0.1) is 0 Å². The molecule has 0 aromatic heterocycles. The van der Waals surface area contributed by atoms with Gasteiger partial charge < -0.3 is 15.7 Å². The average molecular weight is 301 g/mol. The molecule has 0 atom stereocenters. The van der Waals surface area contributed by atoms with Crippen LogP contribution in [0.3, 0.4) is 0 Å². The summed E-state index contributed by atoms with van der Waals surface area (Å²) in [5, 5.41) is 14.5.